The Bertz CT molecular complexity index is 795. The summed E-state index contributed by atoms with van der Waals surface area (Å²) in [6.45, 7) is 5.20. The average Bonchev–Trinajstić information content (AvgIpc) is 2.74. The fourth-order valence-corrected chi connectivity index (χ4v) is 3.29. The molecule has 1 heterocycles. The van der Waals surface area contributed by atoms with Crippen LogP contribution >= 0.6 is 0 Å². The minimum atomic E-state index is -0.154. The summed E-state index contributed by atoms with van der Waals surface area (Å²) in [4.78, 5) is 28.6. The Morgan fingerprint density at radius 2 is 1.61 bits per heavy atom. The van der Waals surface area contributed by atoms with Crippen LogP contribution in [-0.2, 0) is 4.79 Å². The summed E-state index contributed by atoms with van der Waals surface area (Å²) >= 11 is 0. The van der Waals surface area contributed by atoms with Gasteiger partial charge in [-0.2, -0.15) is 0 Å². The first-order chi connectivity index (χ1) is 13.6. The summed E-state index contributed by atoms with van der Waals surface area (Å²) in [7, 11) is 1.60. The number of ether oxygens (including phenoxy) is 1. The molecule has 0 atom stereocenters. The van der Waals surface area contributed by atoms with Crippen LogP contribution in [0.5, 0.6) is 5.75 Å². The summed E-state index contributed by atoms with van der Waals surface area (Å²) in [5.41, 5.74) is 2.43. The number of amides is 2. The van der Waals surface area contributed by atoms with Gasteiger partial charge in [-0.05, 0) is 55.0 Å². The van der Waals surface area contributed by atoms with Gasteiger partial charge >= 0.3 is 0 Å². The highest BCUT2D eigenvalue weighted by molar-refractivity contribution is 6.04. The third-order valence-electron chi connectivity index (χ3n) is 4.94. The summed E-state index contributed by atoms with van der Waals surface area (Å²) in [6.07, 6.45) is 1.52. The predicted octanol–water partition coefficient (Wildman–Crippen LogP) is 3.40. The monoisotopic (exact) mass is 381 g/mol. The van der Waals surface area contributed by atoms with E-state index < -0.39 is 0 Å². The second-order valence-corrected chi connectivity index (χ2v) is 6.85. The van der Waals surface area contributed by atoms with Gasteiger partial charge in [-0.25, -0.2) is 0 Å². The number of nitrogens with zero attached hydrogens (tertiary/aromatic N) is 2. The zero-order valence-electron chi connectivity index (χ0n) is 16.5. The standard InChI is InChI=1S/C22H27N3O3/c1-3-4-21(26)25-15-13-24(14-16-25)19-9-7-18(8-10-19)23-22(27)17-5-11-20(28-2)12-6-17/h5-12H,3-4,13-16H2,1-2H3,(H,23,27). The molecular weight excluding hydrogens is 354 g/mol. The molecule has 1 aliphatic heterocycles. The van der Waals surface area contributed by atoms with E-state index in [2.05, 4.69) is 10.2 Å². The van der Waals surface area contributed by atoms with Gasteiger partial charge in [0.15, 0.2) is 0 Å². The van der Waals surface area contributed by atoms with E-state index in [0.29, 0.717) is 12.0 Å². The smallest absolute Gasteiger partial charge is 0.255 e. The molecule has 1 N–H and O–H groups in total. The lowest BCUT2D eigenvalue weighted by atomic mass is 10.2. The van der Waals surface area contributed by atoms with Gasteiger partial charge in [-0.1, -0.05) is 6.92 Å². The molecular formula is C22H27N3O3. The van der Waals surface area contributed by atoms with Gasteiger partial charge in [0.25, 0.3) is 5.91 Å². The summed E-state index contributed by atoms with van der Waals surface area (Å²) in [5, 5.41) is 2.91. The molecule has 0 unspecified atom stereocenters. The zero-order chi connectivity index (χ0) is 19.9. The number of carbonyl (C=O) groups is 2. The second kappa shape index (κ2) is 9.26. The first-order valence-corrected chi connectivity index (χ1v) is 9.69. The maximum atomic E-state index is 12.4. The van der Waals surface area contributed by atoms with Crippen LogP contribution in [0.25, 0.3) is 0 Å². The van der Waals surface area contributed by atoms with E-state index in [1.54, 1.807) is 31.4 Å². The van der Waals surface area contributed by atoms with Crippen molar-refractivity contribution in [2.24, 2.45) is 0 Å². The van der Waals surface area contributed by atoms with Crippen LogP contribution in [0, 0.1) is 0 Å². The third kappa shape index (κ3) is 4.82. The van der Waals surface area contributed by atoms with E-state index in [1.165, 1.54) is 0 Å². The van der Waals surface area contributed by atoms with E-state index in [9.17, 15) is 9.59 Å². The lowest BCUT2D eigenvalue weighted by molar-refractivity contribution is -0.131. The molecule has 1 saturated heterocycles. The van der Waals surface area contributed by atoms with Crippen molar-refractivity contribution < 1.29 is 14.3 Å². The molecule has 6 heteroatoms. The van der Waals surface area contributed by atoms with Crippen molar-refractivity contribution in [1.29, 1.82) is 0 Å². The number of nitrogens with one attached hydrogen (secondary N) is 1. The van der Waals surface area contributed by atoms with Crippen LogP contribution in [0.3, 0.4) is 0 Å². The van der Waals surface area contributed by atoms with Gasteiger partial charge in [0.05, 0.1) is 7.11 Å². The van der Waals surface area contributed by atoms with Crippen LogP contribution in [-0.4, -0.2) is 50.0 Å². The summed E-state index contributed by atoms with van der Waals surface area (Å²) in [6, 6.07) is 14.8. The Hall–Kier alpha value is -3.02. The molecule has 0 aromatic heterocycles. The molecule has 1 fully saturated rings. The first kappa shape index (κ1) is 19.7. The quantitative estimate of drug-likeness (QED) is 0.833. The normalized spacial score (nSPS) is 13.9. The number of hydrogen-bond acceptors (Lipinski definition) is 4. The van der Waals surface area contributed by atoms with E-state index in [4.69, 9.17) is 4.74 Å². The minimum Gasteiger partial charge on any atom is -0.497 e. The number of carbonyl (C=O) groups excluding carboxylic acids is 2. The Kier molecular flexibility index (Phi) is 6.53. The number of hydrogen-bond donors (Lipinski definition) is 1. The lowest BCUT2D eigenvalue weighted by Crippen LogP contribution is -2.48. The predicted molar refractivity (Wildman–Crippen MR) is 111 cm³/mol. The molecule has 0 aliphatic carbocycles. The van der Waals surface area contributed by atoms with Crippen molar-refractivity contribution in [3.8, 4) is 5.75 Å². The molecule has 148 valence electrons. The van der Waals surface area contributed by atoms with E-state index in [0.717, 1.165) is 49.7 Å². The molecule has 0 spiro atoms. The van der Waals surface area contributed by atoms with Crippen molar-refractivity contribution >= 4 is 23.2 Å². The number of anilines is 2. The molecule has 2 aromatic carbocycles. The SMILES string of the molecule is CCCC(=O)N1CCN(c2ccc(NC(=O)c3ccc(OC)cc3)cc2)CC1. The van der Waals surface area contributed by atoms with Crippen molar-refractivity contribution in [1.82, 2.24) is 4.90 Å². The summed E-state index contributed by atoms with van der Waals surface area (Å²) < 4.78 is 5.11. The van der Waals surface area contributed by atoms with Crippen LogP contribution in [0.2, 0.25) is 0 Å². The minimum absolute atomic E-state index is 0.154. The average molecular weight is 381 g/mol. The van der Waals surface area contributed by atoms with E-state index in [1.807, 2.05) is 36.1 Å². The first-order valence-electron chi connectivity index (χ1n) is 9.69. The number of piperazine rings is 1. The molecule has 6 nitrogen and oxygen atoms in total. The van der Waals surface area contributed by atoms with Crippen LogP contribution in [0.15, 0.2) is 48.5 Å². The van der Waals surface area contributed by atoms with Gasteiger partial charge < -0.3 is 19.9 Å². The van der Waals surface area contributed by atoms with Crippen molar-refractivity contribution in [3.05, 3.63) is 54.1 Å². The Morgan fingerprint density at radius 1 is 0.964 bits per heavy atom. The lowest BCUT2D eigenvalue weighted by Gasteiger charge is -2.36. The van der Waals surface area contributed by atoms with Crippen LogP contribution < -0.4 is 15.0 Å². The van der Waals surface area contributed by atoms with Crippen molar-refractivity contribution in [3.63, 3.8) is 0 Å². The summed E-state index contributed by atoms with van der Waals surface area (Å²) in [5.74, 6) is 0.814. The highest BCUT2D eigenvalue weighted by atomic mass is 16.5. The maximum absolute atomic E-state index is 12.4. The molecule has 2 amide bonds. The van der Waals surface area contributed by atoms with Crippen LogP contribution in [0.4, 0.5) is 11.4 Å². The second-order valence-electron chi connectivity index (χ2n) is 6.85. The third-order valence-corrected chi connectivity index (χ3v) is 4.94. The fraction of sp³-hybridized carbons (Fsp3) is 0.364. The Balaban J connectivity index is 1.55. The molecule has 2 aromatic rings. The molecule has 1 aliphatic rings. The molecule has 28 heavy (non-hydrogen) atoms. The number of benzene rings is 2. The van der Waals surface area contributed by atoms with Crippen LogP contribution in [0.1, 0.15) is 30.1 Å². The van der Waals surface area contributed by atoms with Gasteiger partial charge in [-0.15, -0.1) is 0 Å². The highest BCUT2D eigenvalue weighted by Crippen LogP contribution is 2.21. The highest BCUT2D eigenvalue weighted by Gasteiger charge is 2.20. The van der Waals surface area contributed by atoms with E-state index >= 15 is 0 Å². The van der Waals surface area contributed by atoms with Crippen molar-refractivity contribution in [2.45, 2.75) is 19.8 Å². The molecule has 0 bridgehead atoms. The fourth-order valence-electron chi connectivity index (χ4n) is 3.29. The van der Waals surface area contributed by atoms with Gasteiger partial charge in [-0.3, -0.25) is 9.59 Å². The Morgan fingerprint density at radius 3 is 2.18 bits per heavy atom. The molecule has 0 radical (unpaired) electrons. The number of rotatable bonds is 6. The number of methoxy groups -OCH3 is 1. The van der Waals surface area contributed by atoms with Gasteiger partial charge in [0.2, 0.25) is 5.91 Å². The topological polar surface area (TPSA) is 61.9 Å². The van der Waals surface area contributed by atoms with Gasteiger partial charge in [0.1, 0.15) is 5.75 Å². The molecule has 3 rings (SSSR count). The van der Waals surface area contributed by atoms with Gasteiger partial charge in [0, 0.05) is 49.5 Å². The molecule has 0 saturated carbocycles. The Labute approximate surface area is 166 Å². The van der Waals surface area contributed by atoms with Crippen molar-refractivity contribution in [2.75, 3.05) is 43.5 Å². The maximum Gasteiger partial charge on any atom is 0.255 e. The van der Waals surface area contributed by atoms with E-state index in [-0.39, 0.29) is 11.8 Å². The largest absolute Gasteiger partial charge is 0.497 e. The zero-order valence-corrected chi connectivity index (χ0v) is 16.5.